The Morgan fingerprint density at radius 3 is 2.92 bits per heavy atom. The molecule has 1 aliphatic carbocycles. The first kappa shape index (κ1) is 16.5. The maximum absolute atomic E-state index is 4.62. The lowest BCUT2D eigenvalue weighted by Gasteiger charge is -2.08. The van der Waals surface area contributed by atoms with Gasteiger partial charge in [0, 0.05) is 10.6 Å². The van der Waals surface area contributed by atoms with E-state index in [1.807, 2.05) is 11.3 Å². The minimum Gasteiger partial charge on any atom is -0.340 e. The van der Waals surface area contributed by atoms with Crippen molar-refractivity contribution >= 4 is 66.4 Å². The van der Waals surface area contributed by atoms with Crippen LogP contribution in [0.4, 0.5) is 11.5 Å². The zero-order valence-electron chi connectivity index (χ0n) is 14.4. The molecular formula is C19H18N4S3. The molecule has 132 valence electrons. The molecule has 0 spiro atoms. The quantitative estimate of drug-likeness (QED) is 0.337. The molecule has 0 saturated heterocycles. The predicted octanol–water partition coefficient (Wildman–Crippen LogP) is 6.04. The minimum absolute atomic E-state index is 0.934. The van der Waals surface area contributed by atoms with Crippen molar-refractivity contribution in [2.75, 3.05) is 11.6 Å². The van der Waals surface area contributed by atoms with Crippen molar-refractivity contribution in [2.24, 2.45) is 0 Å². The van der Waals surface area contributed by atoms with Crippen molar-refractivity contribution in [1.29, 1.82) is 0 Å². The third-order valence-corrected chi connectivity index (χ3v) is 8.01. The number of anilines is 2. The summed E-state index contributed by atoms with van der Waals surface area (Å²) in [5, 5.41) is 4.78. The number of nitrogens with zero attached hydrogens (tertiary/aromatic N) is 3. The Labute approximate surface area is 164 Å². The first-order chi connectivity index (χ1) is 12.8. The van der Waals surface area contributed by atoms with Crippen LogP contribution in [0.15, 0.2) is 28.9 Å². The highest BCUT2D eigenvalue weighted by Gasteiger charge is 2.19. The molecular weight excluding hydrogens is 380 g/mol. The van der Waals surface area contributed by atoms with E-state index >= 15 is 0 Å². The van der Waals surface area contributed by atoms with Crippen LogP contribution in [0.2, 0.25) is 0 Å². The van der Waals surface area contributed by atoms with Crippen molar-refractivity contribution in [3.63, 3.8) is 0 Å². The maximum atomic E-state index is 4.62. The summed E-state index contributed by atoms with van der Waals surface area (Å²) in [4.78, 5) is 16.4. The average molecular weight is 399 g/mol. The SMILES string of the molecule is CSc1nc2ccc(Nc3ncnc4sc5c(c34)CCCCC5)cc2s1. The molecule has 1 aliphatic rings. The minimum atomic E-state index is 0.934. The molecule has 0 unspecified atom stereocenters. The molecule has 5 rings (SSSR count). The van der Waals surface area contributed by atoms with E-state index in [0.29, 0.717) is 0 Å². The van der Waals surface area contributed by atoms with E-state index in [0.717, 1.165) is 32.6 Å². The van der Waals surface area contributed by atoms with E-state index < -0.39 is 0 Å². The summed E-state index contributed by atoms with van der Waals surface area (Å²) in [5.41, 5.74) is 3.58. The fourth-order valence-corrected chi connectivity index (χ4v) is 6.32. The Morgan fingerprint density at radius 2 is 2.00 bits per heavy atom. The molecule has 0 saturated carbocycles. The summed E-state index contributed by atoms with van der Waals surface area (Å²) in [7, 11) is 0. The highest BCUT2D eigenvalue weighted by atomic mass is 32.2. The maximum Gasteiger partial charge on any atom is 0.150 e. The monoisotopic (exact) mass is 398 g/mol. The number of hydrogen-bond acceptors (Lipinski definition) is 7. The van der Waals surface area contributed by atoms with Crippen LogP contribution >= 0.6 is 34.4 Å². The van der Waals surface area contributed by atoms with Crippen LogP contribution in [-0.4, -0.2) is 21.2 Å². The van der Waals surface area contributed by atoms with Gasteiger partial charge >= 0.3 is 0 Å². The Balaban J connectivity index is 1.57. The molecule has 1 aromatic carbocycles. The van der Waals surface area contributed by atoms with Gasteiger partial charge in [-0.25, -0.2) is 15.0 Å². The number of fused-ring (bicyclic) bond motifs is 4. The van der Waals surface area contributed by atoms with Crippen LogP contribution in [0, 0.1) is 0 Å². The Kier molecular flexibility index (Phi) is 4.30. The highest BCUT2D eigenvalue weighted by molar-refractivity contribution is 8.00. The van der Waals surface area contributed by atoms with E-state index in [-0.39, 0.29) is 0 Å². The second-order valence-corrected chi connectivity index (χ2v) is 9.63. The van der Waals surface area contributed by atoms with Gasteiger partial charge in [0.25, 0.3) is 0 Å². The third-order valence-electron chi connectivity index (χ3n) is 4.81. The van der Waals surface area contributed by atoms with Gasteiger partial charge in [0.05, 0.1) is 15.6 Å². The van der Waals surface area contributed by atoms with Gasteiger partial charge in [0.2, 0.25) is 0 Å². The van der Waals surface area contributed by atoms with E-state index in [4.69, 9.17) is 0 Å². The van der Waals surface area contributed by atoms with Gasteiger partial charge in [-0.05, 0) is 55.7 Å². The number of aromatic nitrogens is 3. The zero-order valence-corrected chi connectivity index (χ0v) is 16.9. The second kappa shape index (κ2) is 6.79. The van der Waals surface area contributed by atoms with E-state index in [1.165, 1.54) is 46.2 Å². The summed E-state index contributed by atoms with van der Waals surface area (Å²) in [6.07, 6.45) is 9.93. The van der Waals surface area contributed by atoms with Gasteiger partial charge < -0.3 is 5.32 Å². The van der Waals surface area contributed by atoms with Gasteiger partial charge in [0.15, 0.2) is 4.34 Å². The van der Waals surface area contributed by atoms with Gasteiger partial charge in [-0.1, -0.05) is 18.2 Å². The molecule has 3 aromatic heterocycles. The largest absolute Gasteiger partial charge is 0.340 e. The molecule has 0 aliphatic heterocycles. The van der Waals surface area contributed by atoms with Crippen LogP contribution in [0.3, 0.4) is 0 Å². The van der Waals surface area contributed by atoms with Gasteiger partial charge in [-0.15, -0.1) is 22.7 Å². The van der Waals surface area contributed by atoms with Crippen molar-refractivity contribution in [3.05, 3.63) is 35.0 Å². The summed E-state index contributed by atoms with van der Waals surface area (Å²) in [5.74, 6) is 0.934. The van der Waals surface area contributed by atoms with Crippen molar-refractivity contribution in [2.45, 2.75) is 36.4 Å². The number of thiazole rings is 1. The molecule has 1 N–H and O–H groups in total. The molecule has 4 aromatic rings. The lowest BCUT2D eigenvalue weighted by Crippen LogP contribution is -1.96. The average Bonchev–Trinajstić information content (AvgIpc) is 3.15. The summed E-state index contributed by atoms with van der Waals surface area (Å²) in [6.45, 7) is 0. The summed E-state index contributed by atoms with van der Waals surface area (Å²) < 4.78 is 2.30. The van der Waals surface area contributed by atoms with Gasteiger partial charge in [-0.3, -0.25) is 0 Å². The van der Waals surface area contributed by atoms with Crippen LogP contribution in [-0.2, 0) is 12.8 Å². The van der Waals surface area contributed by atoms with Crippen molar-refractivity contribution in [1.82, 2.24) is 15.0 Å². The Hall–Kier alpha value is -1.70. The van der Waals surface area contributed by atoms with Crippen LogP contribution in [0.5, 0.6) is 0 Å². The molecule has 0 atom stereocenters. The number of thiophene rings is 1. The lowest BCUT2D eigenvalue weighted by molar-refractivity contribution is 0.713. The molecule has 7 heteroatoms. The fourth-order valence-electron chi connectivity index (χ4n) is 3.57. The second-order valence-electron chi connectivity index (χ2n) is 6.46. The van der Waals surface area contributed by atoms with Gasteiger partial charge in [0.1, 0.15) is 17.0 Å². The summed E-state index contributed by atoms with van der Waals surface area (Å²) >= 11 is 5.27. The number of rotatable bonds is 3. The molecule has 3 heterocycles. The predicted molar refractivity (Wildman–Crippen MR) is 113 cm³/mol. The zero-order chi connectivity index (χ0) is 17.5. The Bertz CT molecular complexity index is 1100. The van der Waals surface area contributed by atoms with Crippen LogP contribution < -0.4 is 5.32 Å². The van der Waals surface area contributed by atoms with E-state index in [1.54, 1.807) is 29.4 Å². The van der Waals surface area contributed by atoms with E-state index in [2.05, 4.69) is 44.7 Å². The number of nitrogens with one attached hydrogen (secondary N) is 1. The van der Waals surface area contributed by atoms with Gasteiger partial charge in [-0.2, -0.15) is 0 Å². The van der Waals surface area contributed by atoms with E-state index in [9.17, 15) is 0 Å². The van der Waals surface area contributed by atoms with Crippen LogP contribution in [0.1, 0.15) is 29.7 Å². The van der Waals surface area contributed by atoms with Crippen molar-refractivity contribution < 1.29 is 0 Å². The van der Waals surface area contributed by atoms with Crippen molar-refractivity contribution in [3.8, 4) is 0 Å². The molecule has 26 heavy (non-hydrogen) atoms. The molecule has 0 amide bonds. The number of benzene rings is 1. The normalized spacial score (nSPS) is 14.5. The molecule has 0 fully saturated rings. The number of hydrogen-bond donors (Lipinski definition) is 1. The number of aryl methyl sites for hydroxylation is 2. The topological polar surface area (TPSA) is 50.7 Å². The smallest absolute Gasteiger partial charge is 0.150 e. The fraction of sp³-hybridized carbons (Fsp3) is 0.316. The molecule has 0 radical (unpaired) electrons. The first-order valence-electron chi connectivity index (χ1n) is 8.78. The standard InChI is InChI=1S/C19H18N4S3/c1-24-19-23-13-8-7-11(9-15(13)26-19)22-17-16-12-5-3-2-4-6-14(12)25-18(16)21-10-20-17/h7-10H,2-6H2,1H3,(H,20,21,22). The highest BCUT2D eigenvalue weighted by Crippen LogP contribution is 2.39. The third kappa shape index (κ3) is 2.88. The first-order valence-corrected chi connectivity index (χ1v) is 11.6. The number of thioether (sulfide) groups is 1. The molecule has 0 bridgehead atoms. The van der Waals surface area contributed by atoms with Crippen LogP contribution in [0.25, 0.3) is 20.4 Å². The lowest BCUT2D eigenvalue weighted by atomic mass is 10.1. The Morgan fingerprint density at radius 1 is 1.08 bits per heavy atom. The summed E-state index contributed by atoms with van der Waals surface area (Å²) in [6, 6.07) is 6.34. The molecule has 4 nitrogen and oxygen atoms in total.